The van der Waals surface area contributed by atoms with E-state index in [1.165, 1.54) is 0 Å². The highest BCUT2D eigenvalue weighted by Crippen LogP contribution is 2.17. The number of halogens is 2. The number of rotatable bonds is 4. The maximum absolute atomic E-state index is 11.9. The van der Waals surface area contributed by atoms with Gasteiger partial charge in [-0.3, -0.25) is 4.79 Å². The molecule has 0 aliphatic carbocycles. The summed E-state index contributed by atoms with van der Waals surface area (Å²) in [5.41, 5.74) is 6.94. The average molecular weight is 321 g/mol. The van der Waals surface area contributed by atoms with Crippen LogP contribution in [0, 0.1) is 0 Å². The van der Waals surface area contributed by atoms with Gasteiger partial charge in [-0.15, -0.1) is 24.2 Å². The van der Waals surface area contributed by atoms with Crippen molar-refractivity contribution in [2.75, 3.05) is 18.8 Å². The smallest absolute Gasteiger partial charge is 0.232 e. The molecule has 1 heterocycles. The molecule has 0 bridgehead atoms. The van der Waals surface area contributed by atoms with E-state index < -0.39 is 0 Å². The Kier molecular flexibility index (Phi) is 7.00. The molecule has 0 saturated carbocycles. The van der Waals surface area contributed by atoms with Crippen molar-refractivity contribution >= 4 is 41.7 Å². The molecule has 1 aromatic carbocycles. The second kappa shape index (κ2) is 8.00. The molecule has 106 valence electrons. The SMILES string of the molecule is Cl.N[C@@H]1CCN(C(=O)CSCc2cccc(Cl)c2)C1. The maximum Gasteiger partial charge on any atom is 0.232 e. The summed E-state index contributed by atoms with van der Waals surface area (Å²) in [6, 6.07) is 7.90. The maximum atomic E-state index is 11.9. The van der Waals surface area contributed by atoms with Gasteiger partial charge in [-0.1, -0.05) is 23.7 Å². The number of nitrogens with two attached hydrogens (primary N) is 1. The van der Waals surface area contributed by atoms with Gasteiger partial charge in [0.15, 0.2) is 0 Å². The van der Waals surface area contributed by atoms with Crippen LogP contribution in [0.3, 0.4) is 0 Å². The third-order valence-electron chi connectivity index (χ3n) is 2.96. The minimum atomic E-state index is 0. The zero-order valence-corrected chi connectivity index (χ0v) is 12.9. The third-order valence-corrected chi connectivity index (χ3v) is 4.18. The van der Waals surface area contributed by atoms with E-state index in [-0.39, 0.29) is 24.4 Å². The summed E-state index contributed by atoms with van der Waals surface area (Å²) in [5, 5.41) is 0.741. The summed E-state index contributed by atoms with van der Waals surface area (Å²) in [5.74, 6) is 1.51. The number of nitrogens with zero attached hydrogens (tertiary/aromatic N) is 1. The molecule has 0 radical (unpaired) electrons. The fraction of sp³-hybridized carbons (Fsp3) is 0.462. The molecule has 3 nitrogen and oxygen atoms in total. The zero-order valence-electron chi connectivity index (χ0n) is 10.5. The highest BCUT2D eigenvalue weighted by atomic mass is 35.5. The van der Waals surface area contributed by atoms with Crippen LogP contribution in [-0.4, -0.2) is 35.7 Å². The summed E-state index contributed by atoms with van der Waals surface area (Å²) in [4.78, 5) is 13.7. The molecule has 6 heteroatoms. The highest BCUT2D eigenvalue weighted by Gasteiger charge is 2.22. The molecule has 1 atom stereocenters. The lowest BCUT2D eigenvalue weighted by Gasteiger charge is -2.15. The number of amides is 1. The Morgan fingerprint density at radius 2 is 2.32 bits per heavy atom. The molecule has 19 heavy (non-hydrogen) atoms. The molecule has 1 aliphatic heterocycles. The Bertz CT molecular complexity index is 431. The van der Waals surface area contributed by atoms with Gasteiger partial charge >= 0.3 is 0 Å². The van der Waals surface area contributed by atoms with Gasteiger partial charge in [0.05, 0.1) is 5.75 Å². The number of thioether (sulfide) groups is 1. The van der Waals surface area contributed by atoms with Crippen LogP contribution in [0.1, 0.15) is 12.0 Å². The molecule has 2 N–H and O–H groups in total. The van der Waals surface area contributed by atoms with Crippen molar-refractivity contribution in [3.63, 3.8) is 0 Å². The minimum absolute atomic E-state index is 0. The van der Waals surface area contributed by atoms with Crippen LogP contribution in [-0.2, 0) is 10.5 Å². The first-order chi connectivity index (χ1) is 8.65. The van der Waals surface area contributed by atoms with Gasteiger partial charge in [-0.2, -0.15) is 0 Å². The molecule has 0 unspecified atom stereocenters. The predicted molar refractivity (Wildman–Crippen MR) is 84.0 cm³/mol. The monoisotopic (exact) mass is 320 g/mol. The van der Waals surface area contributed by atoms with Gasteiger partial charge in [0.25, 0.3) is 0 Å². The summed E-state index contributed by atoms with van der Waals surface area (Å²) in [6.07, 6.45) is 0.921. The first kappa shape index (κ1) is 16.6. The van der Waals surface area contributed by atoms with Crippen molar-refractivity contribution in [1.82, 2.24) is 4.90 Å². The van der Waals surface area contributed by atoms with Gasteiger partial charge in [0.2, 0.25) is 5.91 Å². The Balaban J connectivity index is 0.00000180. The van der Waals surface area contributed by atoms with Gasteiger partial charge in [-0.25, -0.2) is 0 Å². The van der Waals surface area contributed by atoms with Crippen molar-refractivity contribution < 1.29 is 4.79 Å². The molecule has 1 saturated heterocycles. The number of hydrogen-bond donors (Lipinski definition) is 1. The van der Waals surface area contributed by atoms with Gasteiger partial charge < -0.3 is 10.6 Å². The Morgan fingerprint density at radius 1 is 1.53 bits per heavy atom. The Labute approximate surface area is 129 Å². The van der Waals surface area contributed by atoms with Crippen LogP contribution >= 0.6 is 35.8 Å². The molecule has 0 spiro atoms. The topological polar surface area (TPSA) is 46.3 Å². The Hall–Kier alpha value is -0.420. The zero-order chi connectivity index (χ0) is 13.0. The number of carbonyl (C=O) groups excluding carboxylic acids is 1. The van der Waals surface area contributed by atoms with E-state index in [0.717, 1.165) is 29.3 Å². The summed E-state index contributed by atoms with van der Waals surface area (Å²) >= 11 is 7.53. The van der Waals surface area contributed by atoms with E-state index >= 15 is 0 Å². The number of hydrogen-bond acceptors (Lipinski definition) is 3. The number of carbonyl (C=O) groups is 1. The van der Waals surface area contributed by atoms with E-state index in [4.69, 9.17) is 17.3 Å². The van der Waals surface area contributed by atoms with Gasteiger partial charge in [0.1, 0.15) is 0 Å². The number of likely N-dealkylation sites (tertiary alicyclic amines) is 1. The van der Waals surface area contributed by atoms with E-state index in [1.54, 1.807) is 11.8 Å². The second-order valence-electron chi connectivity index (χ2n) is 4.51. The number of benzene rings is 1. The van der Waals surface area contributed by atoms with Crippen molar-refractivity contribution in [3.8, 4) is 0 Å². The quantitative estimate of drug-likeness (QED) is 0.927. The van der Waals surface area contributed by atoms with Crippen LogP contribution in [0.15, 0.2) is 24.3 Å². The second-order valence-corrected chi connectivity index (χ2v) is 5.93. The normalized spacial score (nSPS) is 18.2. The lowest BCUT2D eigenvalue weighted by Crippen LogP contribution is -2.33. The minimum Gasteiger partial charge on any atom is -0.340 e. The lowest BCUT2D eigenvalue weighted by molar-refractivity contribution is -0.127. The molecular formula is C13H18Cl2N2OS. The molecule has 1 fully saturated rings. The van der Waals surface area contributed by atoms with Crippen LogP contribution in [0.2, 0.25) is 5.02 Å². The average Bonchev–Trinajstić information content (AvgIpc) is 2.76. The first-order valence-corrected chi connectivity index (χ1v) is 7.54. The van der Waals surface area contributed by atoms with Crippen molar-refractivity contribution in [2.24, 2.45) is 5.73 Å². The largest absolute Gasteiger partial charge is 0.340 e. The molecule has 0 aromatic heterocycles. The van der Waals surface area contributed by atoms with Crippen molar-refractivity contribution in [2.45, 2.75) is 18.2 Å². The first-order valence-electron chi connectivity index (χ1n) is 6.00. The van der Waals surface area contributed by atoms with Gasteiger partial charge in [-0.05, 0) is 24.1 Å². The third kappa shape index (κ3) is 5.22. The summed E-state index contributed by atoms with van der Waals surface area (Å²) in [6.45, 7) is 1.51. The summed E-state index contributed by atoms with van der Waals surface area (Å²) in [7, 11) is 0. The molecule has 1 amide bonds. The molecule has 2 rings (SSSR count). The van der Waals surface area contributed by atoms with Gasteiger partial charge in [0, 0.05) is 29.9 Å². The highest BCUT2D eigenvalue weighted by molar-refractivity contribution is 7.99. The molecule has 1 aromatic rings. The van der Waals surface area contributed by atoms with Crippen LogP contribution in [0.25, 0.3) is 0 Å². The fourth-order valence-corrected chi connectivity index (χ4v) is 3.08. The van der Waals surface area contributed by atoms with E-state index in [0.29, 0.717) is 12.3 Å². The van der Waals surface area contributed by atoms with Crippen LogP contribution in [0.5, 0.6) is 0 Å². The van der Waals surface area contributed by atoms with Crippen LogP contribution < -0.4 is 5.73 Å². The fourth-order valence-electron chi connectivity index (χ4n) is 1.99. The van der Waals surface area contributed by atoms with Crippen molar-refractivity contribution in [1.29, 1.82) is 0 Å². The summed E-state index contributed by atoms with van der Waals surface area (Å²) < 4.78 is 0. The van der Waals surface area contributed by atoms with E-state index in [2.05, 4.69) is 0 Å². The molecular weight excluding hydrogens is 303 g/mol. The standard InChI is InChI=1S/C13H17ClN2OS.ClH/c14-11-3-1-2-10(6-11)8-18-9-13(17)16-5-4-12(15)7-16;/h1-3,6,12H,4-5,7-9,15H2;1H/t12-;/m1./s1. The van der Waals surface area contributed by atoms with Crippen LogP contribution in [0.4, 0.5) is 0 Å². The van der Waals surface area contributed by atoms with Crippen molar-refractivity contribution in [3.05, 3.63) is 34.9 Å². The molecule has 1 aliphatic rings. The lowest BCUT2D eigenvalue weighted by atomic mass is 10.2. The predicted octanol–water partition coefficient (Wildman–Crippen LogP) is 2.55. The van der Waals surface area contributed by atoms with E-state index in [9.17, 15) is 4.79 Å². The van der Waals surface area contributed by atoms with E-state index in [1.807, 2.05) is 29.2 Å². The Morgan fingerprint density at radius 3 is 2.95 bits per heavy atom.